The Morgan fingerprint density at radius 1 is 1.21 bits per heavy atom. The van der Waals surface area contributed by atoms with Crippen LogP contribution in [0.15, 0.2) is 29.2 Å². The van der Waals surface area contributed by atoms with Crippen molar-refractivity contribution >= 4 is 21.6 Å². The van der Waals surface area contributed by atoms with Crippen LogP contribution in [-0.2, 0) is 14.8 Å². The van der Waals surface area contributed by atoms with Gasteiger partial charge in [-0.05, 0) is 43.5 Å². The molecular weight excluding hydrogens is 440 g/mol. The molecule has 3 unspecified atom stereocenters. The number of fused-ring (bicyclic) bond motifs is 1. The van der Waals surface area contributed by atoms with Crippen molar-refractivity contribution in [1.29, 1.82) is 5.26 Å². The maximum atomic E-state index is 12.9. The third kappa shape index (κ3) is 4.35. The topological polar surface area (TPSA) is 118 Å². The molecule has 33 heavy (non-hydrogen) atoms. The second kappa shape index (κ2) is 9.58. The summed E-state index contributed by atoms with van der Waals surface area (Å²) < 4.78 is 27.0. The van der Waals surface area contributed by atoms with Gasteiger partial charge in [-0.2, -0.15) is 9.57 Å². The second-order valence-corrected chi connectivity index (χ2v) is 11.1. The van der Waals surface area contributed by atoms with Crippen molar-refractivity contribution < 1.29 is 13.2 Å². The van der Waals surface area contributed by atoms with Crippen molar-refractivity contribution in [1.82, 2.24) is 20.1 Å². The van der Waals surface area contributed by atoms with Crippen LogP contribution in [0.25, 0.3) is 0 Å². The highest BCUT2D eigenvalue weighted by Crippen LogP contribution is 2.43. The fourth-order valence-corrected chi connectivity index (χ4v) is 7.17. The van der Waals surface area contributed by atoms with Crippen molar-refractivity contribution in [3.8, 4) is 6.07 Å². The summed E-state index contributed by atoms with van der Waals surface area (Å²) in [5.74, 6) is -0.293. The van der Waals surface area contributed by atoms with E-state index >= 15 is 0 Å². The van der Waals surface area contributed by atoms with E-state index in [2.05, 4.69) is 27.1 Å². The first kappa shape index (κ1) is 24.0. The zero-order valence-electron chi connectivity index (χ0n) is 19.4. The summed E-state index contributed by atoms with van der Waals surface area (Å²) in [5.41, 5.74) is 4.04. The first-order chi connectivity index (χ1) is 15.9. The van der Waals surface area contributed by atoms with Gasteiger partial charge >= 0.3 is 0 Å². The van der Waals surface area contributed by atoms with Crippen molar-refractivity contribution in [2.24, 2.45) is 5.92 Å². The quantitative estimate of drug-likeness (QED) is 0.527. The molecule has 0 spiro atoms. The zero-order valence-corrected chi connectivity index (χ0v) is 20.2. The minimum absolute atomic E-state index is 0.00425. The smallest absolute Gasteiger partial charge is 0.243 e. The number of nitriles is 1. The molecule has 0 radical (unpaired) electrons. The molecule has 10 heteroatoms. The Kier molecular flexibility index (Phi) is 6.96. The van der Waals surface area contributed by atoms with Crippen LogP contribution in [0.2, 0.25) is 0 Å². The number of carbonyl (C=O) groups excluding carboxylic acids is 1. The van der Waals surface area contributed by atoms with Crippen LogP contribution >= 0.6 is 0 Å². The Labute approximate surface area is 196 Å². The van der Waals surface area contributed by atoms with Crippen molar-refractivity contribution in [2.45, 2.75) is 75.0 Å². The van der Waals surface area contributed by atoms with Crippen LogP contribution in [0.3, 0.4) is 0 Å². The number of anilines is 1. The fraction of sp³-hybridized carbons (Fsp3) is 0.652. The monoisotopic (exact) mass is 474 g/mol. The summed E-state index contributed by atoms with van der Waals surface area (Å²) in [5, 5.41) is 18.1. The maximum Gasteiger partial charge on any atom is 0.243 e. The average molecular weight is 475 g/mol. The Bertz CT molecular complexity index is 996. The van der Waals surface area contributed by atoms with Gasteiger partial charge in [0, 0.05) is 36.9 Å². The molecule has 0 bridgehead atoms. The summed E-state index contributed by atoms with van der Waals surface area (Å²) in [6, 6.07) is 9.10. The van der Waals surface area contributed by atoms with Gasteiger partial charge in [0.2, 0.25) is 15.9 Å². The van der Waals surface area contributed by atoms with Crippen LogP contribution in [0.4, 0.5) is 5.69 Å². The molecule has 2 heterocycles. The summed E-state index contributed by atoms with van der Waals surface area (Å²) >= 11 is 0. The van der Waals surface area contributed by atoms with Gasteiger partial charge in [-0.25, -0.2) is 18.9 Å². The number of hydrogen-bond donors (Lipinski definition) is 3. The van der Waals surface area contributed by atoms with Gasteiger partial charge in [0.05, 0.1) is 23.3 Å². The third-order valence-corrected chi connectivity index (χ3v) is 9.46. The molecule has 1 aromatic rings. The lowest BCUT2D eigenvalue weighted by atomic mass is 9.86. The maximum absolute atomic E-state index is 12.9. The van der Waals surface area contributed by atoms with Crippen molar-refractivity contribution in [3.63, 3.8) is 0 Å². The lowest BCUT2D eigenvalue weighted by Gasteiger charge is -2.42. The van der Waals surface area contributed by atoms with Crippen LogP contribution in [0.1, 0.15) is 52.4 Å². The molecule has 2 saturated heterocycles. The molecule has 180 valence electrons. The average Bonchev–Trinajstić information content (AvgIpc) is 3.42. The number of hydrazine groups is 1. The summed E-state index contributed by atoms with van der Waals surface area (Å²) in [6.45, 7) is 5.12. The van der Waals surface area contributed by atoms with Crippen LogP contribution in [-0.4, -0.2) is 61.0 Å². The number of rotatable bonds is 8. The lowest BCUT2D eigenvalue weighted by Crippen LogP contribution is -2.57. The minimum Gasteiger partial charge on any atom is -0.368 e. The molecule has 1 aliphatic carbocycles. The second-order valence-electron chi connectivity index (χ2n) is 9.17. The van der Waals surface area contributed by atoms with Gasteiger partial charge in [-0.15, -0.1) is 0 Å². The molecule has 1 saturated carbocycles. The molecule has 4 rings (SSSR count). The summed E-state index contributed by atoms with van der Waals surface area (Å²) in [7, 11) is -3.52. The van der Waals surface area contributed by atoms with E-state index in [0.717, 1.165) is 37.8 Å². The predicted octanol–water partition coefficient (Wildman–Crippen LogP) is 2.01. The Morgan fingerprint density at radius 2 is 1.88 bits per heavy atom. The largest absolute Gasteiger partial charge is 0.368 e. The van der Waals surface area contributed by atoms with Crippen molar-refractivity contribution in [2.75, 3.05) is 25.0 Å². The SMILES string of the molecule is CCN(CC)S(=O)(=O)c1ccc(NC2NN(C3(CC#N)CCCC3)C3CCNC(=O)C23)cc1. The van der Waals surface area contributed by atoms with Gasteiger partial charge in [0.1, 0.15) is 6.17 Å². The van der Waals surface area contributed by atoms with Gasteiger partial charge in [-0.3, -0.25) is 4.79 Å². The van der Waals surface area contributed by atoms with Gasteiger partial charge in [0.15, 0.2) is 0 Å². The molecule has 1 amide bonds. The number of sulfonamides is 1. The molecule has 3 atom stereocenters. The number of carbonyl (C=O) groups is 1. The van der Waals surface area contributed by atoms with Gasteiger partial charge < -0.3 is 10.6 Å². The summed E-state index contributed by atoms with van der Waals surface area (Å²) in [6.07, 6.45) is 5.00. The fourth-order valence-electron chi connectivity index (χ4n) is 5.71. The Morgan fingerprint density at radius 3 is 2.48 bits per heavy atom. The molecule has 0 aromatic heterocycles. The number of nitrogens with one attached hydrogen (secondary N) is 3. The molecular formula is C23H34N6O3S. The normalized spacial score (nSPS) is 27.2. The number of piperidine rings is 1. The molecule has 3 N–H and O–H groups in total. The van der Waals surface area contributed by atoms with Crippen LogP contribution in [0, 0.1) is 17.2 Å². The van der Waals surface area contributed by atoms with E-state index in [1.807, 2.05) is 13.8 Å². The van der Waals surface area contributed by atoms with E-state index in [0.29, 0.717) is 26.1 Å². The highest BCUT2D eigenvalue weighted by molar-refractivity contribution is 7.89. The zero-order chi connectivity index (χ0) is 23.6. The van der Waals surface area contributed by atoms with Crippen LogP contribution in [0.5, 0.6) is 0 Å². The Hall–Kier alpha value is -2.19. The summed E-state index contributed by atoms with van der Waals surface area (Å²) in [4.78, 5) is 13.1. The van der Waals surface area contributed by atoms with E-state index in [-0.39, 0.29) is 34.5 Å². The minimum atomic E-state index is -3.52. The van der Waals surface area contributed by atoms with Gasteiger partial charge in [-0.1, -0.05) is 26.7 Å². The van der Waals surface area contributed by atoms with E-state index in [9.17, 15) is 18.5 Å². The number of amides is 1. The number of benzene rings is 1. The molecule has 9 nitrogen and oxygen atoms in total. The molecule has 2 aliphatic heterocycles. The highest BCUT2D eigenvalue weighted by atomic mass is 32.2. The first-order valence-corrected chi connectivity index (χ1v) is 13.4. The molecule has 1 aromatic carbocycles. The number of hydrogen-bond acceptors (Lipinski definition) is 7. The predicted molar refractivity (Wildman–Crippen MR) is 125 cm³/mol. The van der Waals surface area contributed by atoms with Crippen LogP contribution < -0.4 is 16.1 Å². The Balaban J connectivity index is 1.56. The lowest BCUT2D eigenvalue weighted by molar-refractivity contribution is -0.128. The van der Waals surface area contributed by atoms with E-state index in [1.54, 1.807) is 24.3 Å². The van der Waals surface area contributed by atoms with Crippen molar-refractivity contribution in [3.05, 3.63) is 24.3 Å². The number of nitrogens with zero attached hydrogens (tertiary/aromatic N) is 3. The van der Waals surface area contributed by atoms with Gasteiger partial charge in [0.25, 0.3) is 0 Å². The third-order valence-electron chi connectivity index (χ3n) is 7.40. The molecule has 3 aliphatic rings. The highest BCUT2D eigenvalue weighted by Gasteiger charge is 2.54. The van der Waals surface area contributed by atoms with E-state index in [1.165, 1.54) is 4.31 Å². The van der Waals surface area contributed by atoms with E-state index < -0.39 is 10.0 Å². The molecule has 3 fully saturated rings. The van der Waals surface area contributed by atoms with E-state index in [4.69, 9.17) is 0 Å². The standard InChI is InChI=1S/C23H34N6O3S/c1-3-28(4-2)33(31,32)18-9-7-17(8-10-18)26-21-20-19(11-16-25-22(20)30)29(27-21)23(14-15-24)12-5-6-13-23/h7-10,19-21,26-27H,3-6,11-14,16H2,1-2H3,(H,25,30). The first-order valence-electron chi connectivity index (χ1n) is 11.9.